The SMILES string of the molecule is CC(C)(C)OC(=O)CONC(=O)[C@@H]1CC[C@@H]2CN1C(=O)N2OS(=O)(=O)[O-].CCCC[N+](CCCC)(CCCC)CCCC. The lowest BCUT2D eigenvalue weighted by atomic mass is 10.0. The molecule has 2 aliphatic rings. The minimum atomic E-state index is -5.10. The monoisotopic (exact) mass is 636 g/mol. The number of carbonyl (C=O) groups is 3. The number of hydroxylamine groups is 3. The van der Waals surface area contributed by atoms with E-state index in [-0.39, 0.29) is 19.4 Å². The van der Waals surface area contributed by atoms with Crippen LogP contribution in [0, 0.1) is 0 Å². The first-order chi connectivity index (χ1) is 20.1. The van der Waals surface area contributed by atoms with Crippen LogP contribution in [0.5, 0.6) is 0 Å². The average Bonchev–Trinajstić information content (AvgIpc) is 3.15. The van der Waals surface area contributed by atoms with Gasteiger partial charge in [0.1, 0.15) is 11.6 Å². The Morgan fingerprint density at radius 3 is 1.84 bits per heavy atom. The van der Waals surface area contributed by atoms with Gasteiger partial charge in [-0.2, -0.15) is 9.35 Å². The number of unbranched alkanes of at least 4 members (excludes halogenated alkanes) is 4. The summed E-state index contributed by atoms with van der Waals surface area (Å²) in [6.07, 6.45) is 11.5. The highest BCUT2D eigenvalue weighted by atomic mass is 32.3. The number of urea groups is 1. The number of fused-ring (bicyclic) bond motifs is 2. The Morgan fingerprint density at radius 1 is 0.930 bits per heavy atom. The van der Waals surface area contributed by atoms with Crippen LogP contribution in [0.15, 0.2) is 0 Å². The van der Waals surface area contributed by atoms with Crippen molar-refractivity contribution in [1.29, 1.82) is 0 Å². The van der Waals surface area contributed by atoms with Crippen molar-refractivity contribution in [3.63, 3.8) is 0 Å². The van der Waals surface area contributed by atoms with Crippen LogP contribution in [0.1, 0.15) is 113 Å². The molecular weight excluding hydrogens is 580 g/mol. The quantitative estimate of drug-likeness (QED) is 0.0772. The number of amides is 3. The average molecular weight is 637 g/mol. The van der Waals surface area contributed by atoms with Crippen LogP contribution in [0.4, 0.5) is 4.79 Å². The van der Waals surface area contributed by atoms with E-state index in [2.05, 4.69) is 37.5 Å². The number of esters is 1. The van der Waals surface area contributed by atoms with Crippen molar-refractivity contribution in [2.75, 3.05) is 39.3 Å². The molecule has 0 aromatic rings. The fraction of sp³-hybridized carbons (Fsp3) is 0.897. The summed E-state index contributed by atoms with van der Waals surface area (Å²) in [4.78, 5) is 41.7. The van der Waals surface area contributed by atoms with Gasteiger partial charge in [-0.3, -0.25) is 9.63 Å². The fourth-order valence-electron chi connectivity index (χ4n) is 5.35. The number of quaternary nitrogens is 1. The lowest BCUT2D eigenvalue weighted by molar-refractivity contribution is -0.929. The first-order valence-electron chi connectivity index (χ1n) is 15.9. The number of carbonyl (C=O) groups excluding carboxylic acids is 3. The summed E-state index contributed by atoms with van der Waals surface area (Å²) in [7, 11) is -5.10. The Bertz CT molecular complexity index is 934. The summed E-state index contributed by atoms with van der Waals surface area (Å²) < 4.78 is 42.7. The van der Waals surface area contributed by atoms with Gasteiger partial charge in [0.15, 0.2) is 6.61 Å². The standard InChI is InChI=1S/C16H36N.C13H21N3O9S/c1-5-9-13-17(14-10-6-2,15-11-7-3)16-12-8-4;1-13(2,3)24-10(17)7-23-14-11(18)9-5-4-8-6-15(9)12(19)16(8)25-26(20,21)22/h5-16H2,1-4H3;8-9H,4-7H2,1-3H3,(H,14,18)(H,20,21,22)/q+1;/p-1/t;8-,9+/m.1/s1. The summed E-state index contributed by atoms with van der Waals surface area (Å²) in [5, 5.41) is 0.469. The number of ether oxygens (including phenoxy) is 1. The van der Waals surface area contributed by atoms with Gasteiger partial charge in [-0.15, -0.1) is 0 Å². The molecule has 2 rings (SSSR count). The Morgan fingerprint density at radius 2 is 1.42 bits per heavy atom. The van der Waals surface area contributed by atoms with E-state index in [1.54, 1.807) is 20.8 Å². The molecule has 2 heterocycles. The molecule has 2 fully saturated rings. The van der Waals surface area contributed by atoms with Gasteiger partial charge in [0, 0.05) is 6.54 Å². The number of nitrogens with one attached hydrogen (secondary N) is 1. The van der Waals surface area contributed by atoms with Crippen LogP contribution < -0.4 is 5.48 Å². The predicted octanol–water partition coefficient (Wildman–Crippen LogP) is 4.04. The van der Waals surface area contributed by atoms with Crippen molar-refractivity contribution in [3.8, 4) is 0 Å². The van der Waals surface area contributed by atoms with E-state index < -0.39 is 52.6 Å². The zero-order valence-corrected chi connectivity index (χ0v) is 28.2. The van der Waals surface area contributed by atoms with Gasteiger partial charge in [0.25, 0.3) is 5.91 Å². The minimum Gasteiger partial charge on any atom is -0.724 e. The number of nitrogens with zero attached hydrogens (tertiary/aromatic N) is 3. The number of hydrogen-bond acceptors (Lipinski definition) is 9. The maximum absolute atomic E-state index is 12.2. The molecule has 2 aliphatic heterocycles. The van der Waals surface area contributed by atoms with Gasteiger partial charge < -0.3 is 18.7 Å². The van der Waals surface area contributed by atoms with Crippen molar-refractivity contribution in [2.24, 2.45) is 0 Å². The second-order valence-electron chi connectivity index (χ2n) is 12.5. The topological polar surface area (TPSA) is 155 Å². The number of piperidine rings is 1. The molecule has 13 nitrogen and oxygen atoms in total. The zero-order chi connectivity index (χ0) is 32.7. The van der Waals surface area contributed by atoms with Crippen LogP contribution in [0.25, 0.3) is 0 Å². The van der Waals surface area contributed by atoms with Crippen molar-refractivity contribution in [2.45, 2.75) is 130 Å². The van der Waals surface area contributed by atoms with Crippen molar-refractivity contribution >= 4 is 28.3 Å². The molecule has 2 saturated heterocycles. The van der Waals surface area contributed by atoms with Gasteiger partial charge in [0.2, 0.25) is 10.4 Å². The zero-order valence-electron chi connectivity index (χ0n) is 27.4. The van der Waals surface area contributed by atoms with E-state index in [4.69, 9.17) is 9.57 Å². The van der Waals surface area contributed by atoms with Crippen LogP contribution in [0.3, 0.4) is 0 Å². The normalized spacial score (nSPS) is 18.7. The van der Waals surface area contributed by atoms with Gasteiger partial charge in [-0.05, 0) is 59.3 Å². The maximum Gasteiger partial charge on any atom is 0.346 e. The molecule has 2 bridgehead atoms. The molecule has 0 aromatic heterocycles. The van der Waals surface area contributed by atoms with Crippen molar-refractivity contribution < 1.29 is 45.7 Å². The lowest BCUT2D eigenvalue weighted by Gasteiger charge is -2.39. The Labute approximate surface area is 259 Å². The van der Waals surface area contributed by atoms with E-state index in [1.165, 1.54) is 82.0 Å². The highest BCUT2D eigenvalue weighted by Crippen LogP contribution is 2.30. The molecule has 14 heteroatoms. The maximum atomic E-state index is 12.2. The molecule has 1 N–H and O–H groups in total. The molecule has 0 saturated carbocycles. The van der Waals surface area contributed by atoms with Gasteiger partial charge in [0.05, 0.1) is 32.2 Å². The molecule has 0 radical (unpaired) electrons. The summed E-state index contributed by atoms with van der Waals surface area (Å²) in [5.74, 6) is -1.37. The summed E-state index contributed by atoms with van der Waals surface area (Å²) in [6.45, 7) is 19.6. The van der Waals surface area contributed by atoms with Crippen LogP contribution in [-0.4, -0.2) is 102 Å². The molecule has 2 atom stereocenters. The first-order valence-corrected chi connectivity index (χ1v) is 17.2. The Kier molecular flexibility index (Phi) is 17.0. The molecule has 0 unspecified atom stereocenters. The lowest BCUT2D eigenvalue weighted by Crippen LogP contribution is -2.50. The van der Waals surface area contributed by atoms with Gasteiger partial charge >= 0.3 is 12.0 Å². The molecule has 0 aliphatic carbocycles. The second kappa shape index (κ2) is 18.7. The highest BCUT2D eigenvalue weighted by Gasteiger charge is 2.48. The van der Waals surface area contributed by atoms with E-state index in [0.717, 1.165) is 4.90 Å². The number of rotatable bonds is 18. The third-order valence-electron chi connectivity index (χ3n) is 7.52. The molecule has 43 heavy (non-hydrogen) atoms. The van der Waals surface area contributed by atoms with E-state index >= 15 is 0 Å². The predicted molar refractivity (Wildman–Crippen MR) is 161 cm³/mol. The molecule has 0 aromatic carbocycles. The van der Waals surface area contributed by atoms with E-state index in [9.17, 15) is 27.4 Å². The van der Waals surface area contributed by atoms with Gasteiger partial charge in [-0.1, -0.05) is 53.4 Å². The second-order valence-corrected chi connectivity index (χ2v) is 13.4. The molecule has 252 valence electrons. The summed E-state index contributed by atoms with van der Waals surface area (Å²) >= 11 is 0. The third-order valence-corrected chi connectivity index (χ3v) is 7.87. The van der Waals surface area contributed by atoms with E-state index in [1.807, 2.05) is 0 Å². The molecular formula is C29H56N4O9S. The molecule has 3 amide bonds. The van der Waals surface area contributed by atoms with Crippen LogP contribution >= 0.6 is 0 Å². The first kappa shape index (κ1) is 39.0. The van der Waals surface area contributed by atoms with Crippen LogP contribution in [-0.2, 0) is 33.8 Å². The van der Waals surface area contributed by atoms with Gasteiger partial charge in [-0.25, -0.2) is 23.5 Å². The largest absolute Gasteiger partial charge is 0.724 e. The van der Waals surface area contributed by atoms with Crippen molar-refractivity contribution in [1.82, 2.24) is 15.4 Å². The number of hydrogen-bond donors (Lipinski definition) is 1. The van der Waals surface area contributed by atoms with E-state index in [0.29, 0.717) is 5.06 Å². The Hall–Kier alpha value is -2.00. The molecule has 0 spiro atoms. The summed E-state index contributed by atoms with van der Waals surface area (Å²) in [5.41, 5.74) is 1.36. The van der Waals surface area contributed by atoms with Crippen LogP contribution in [0.2, 0.25) is 0 Å². The third kappa shape index (κ3) is 14.6. The summed E-state index contributed by atoms with van der Waals surface area (Å²) in [6, 6.07) is -2.49. The highest BCUT2D eigenvalue weighted by molar-refractivity contribution is 7.80. The fourth-order valence-corrected chi connectivity index (χ4v) is 5.73. The van der Waals surface area contributed by atoms with Crippen molar-refractivity contribution in [3.05, 3.63) is 0 Å². The minimum absolute atomic E-state index is 0.0263. The smallest absolute Gasteiger partial charge is 0.346 e. The Balaban J connectivity index is 0.000000474.